The van der Waals surface area contributed by atoms with Gasteiger partial charge in [0.15, 0.2) is 5.75 Å². The number of anilines is 2. The average Bonchev–Trinajstić information content (AvgIpc) is 0.770. The molecule has 0 atom stereocenters. The molecule has 0 saturated heterocycles. The molecular weight excluding hydrogens is 1430 g/mol. The van der Waals surface area contributed by atoms with Crippen molar-refractivity contribution in [3.8, 4) is 11.5 Å². The molecule has 0 aliphatic heterocycles. The summed E-state index contributed by atoms with van der Waals surface area (Å²) in [6.07, 6.45) is 2.56. The van der Waals surface area contributed by atoms with E-state index in [1.807, 2.05) is 0 Å². The van der Waals surface area contributed by atoms with Crippen molar-refractivity contribution in [2.24, 2.45) is 40.9 Å². The van der Waals surface area contributed by atoms with E-state index in [2.05, 4.69) is 53.0 Å². The predicted octanol–water partition coefficient (Wildman–Crippen LogP) is -10.6. The Morgan fingerprint density at radius 2 is 0.851 bits per heavy atom. The first-order chi connectivity index (χ1) is 41.0. The zero-order valence-electron chi connectivity index (χ0n) is 48.5. The van der Waals surface area contributed by atoms with E-state index >= 15 is 0 Å². The topological polar surface area (TPSA) is 609 Å². The van der Waals surface area contributed by atoms with Crippen LogP contribution in [-0.4, -0.2) is 97.2 Å². The van der Waals surface area contributed by atoms with E-state index in [0.29, 0.717) is 23.8 Å². The van der Waals surface area contributed by atoms with Crippen LogP contribution in [0.3, 0.4) is 0 Å². The van der Waals surface area contributed by atoms with Gasteiger partial charge >= 0.3 is 199 Å². The molecule has 8 rings (SSSR count). The van der Waals surface area contributed by atoms with Gasteiger partial charge in [-0.05, 0) is 60.2 Å². The van der Waals surface area contributed by atoms with Crippen LogP contribution < -0.4 is 189 Å². The maximum atomic E-state index is 12.6. The second-order valence-corrected chi connectivity index (χ2v) is 22.7. The van der Waals surface area contributed by atoms with Crippen molar-refractivity contribution in [2.45, 2.75) is 19.6 Å². The summed E-state index contributed by atoms with van der Waals surface area (Å²) in [6, 6.07) is 24.1. The molecule has 0 heterocycles. The number of nitro benzene ring substituents is 2. The molecule has 8 aromatic rings. The van der Waals surface area contributed by atoms with E-state index in [1.165, 1.54) is 48.6 Å². The van der Waals surface area contributed by atoms with E-state index in [1.54, 1.807) is 0 Å². The number of benzene rings is 8. The molecule has 0 saturated carbocycles. The first-order valence-electron chi connectivity index (χ1n) is 22.4. The van der Waals surface area contributed by atoms with Gasteiger partial charge in [0.05, 0.1) is 46.2 Å². The molecule has 456 valence electrons. The van der Waals surface area contributed by atoms with Crippen molar-refractivity contribution in [3.05, 3.63) is 153 Å². The maximum Gasteiger partial charge on any atom is 1.00 e. The van der Waals surface area contributed by atoms with Gasteiger partial charge in [0.2, 0.25) is 0 Å². The molecule has 0 unspecified atom stereocenters. The molecule has 6 N–H and O–H groups in total. The number of nitrogens with zero attached hydrogens (tertiary/aromatic N) is 10. The number of azo groups is 4. The molecule has 0 aliphatic rings. The zero-order valence-corrected chi connectivity index (χ0v) is 65.4. The summed E-state index contributed by atoms with van der Waals surface area (Å²) >= 11 is 0. The van der Waals surface area contributed by atoms with Crippen LogP contribution in [0.25, 0.3) is 33.7 Å². The standard InChI is InChI=1S/C46H30N12O18S4.6Na.2O3S/c47-31-12-17-33(51-53-35-14-9-27(57(61)62)20-39(35)78(68,69)70)29-11-16-37(45(59)42(29)31)55-49-25-6-2-23(3-7-25)1-4-24-5-8-26(19-38(24)77(65,66)67)50-56-44-41(80(74,75)76)22-30-34(18-13-32(48)43(30)46(44)60)52-54-36-15-10-28(58(63)64)21-40(36)79(71,72)73;;;;;;;2*1-4(2)3/h1-2,4-15,17-22,59-60H,47-48H2,(H,65,66,67)(H,68,69,70)(H,71,72,73)(H,74,75,76);;;;;;;;/q-2;6*+1;;/p-4/b4-1+,53-51?,54-52?,55-49?,56-50?;;;;;;;;. The molecule has 0 amide bonds. The summed E-state index contributed by atoms with van der Waals surface area (Å²) in [6.45, 7) is 0. The number of phenolic OH excluding ortho intramolecular Hbond substituents is 2. The molecule has 36 nitrogen and oxygen atoms in total. The molecule has 0 aliphatic carbocycles. The van der Waals surface area contributed by atoms with Crippen LogP contribution in [0.4, 0.5) is 68.2 Å². The van der Waals surface area contributed by atoms with E-state index in [4.69, 9.17) is 36.7 Å². The normalized spacial score (nSPS) is 11.4. The second kappa shape index (κ2) is 37.9. The summed E-state index contributed by atoms with van der Waals surface area (Å²) < 4.78 is 197. The number of fused-ring (bicyclic) bond motifs is 2. The average molecular weight is 1460 g/mol. The van der Waals surface area contributed by atoms with Gasteiger partial charge in [-0.3, -0.25) is 20.2 Å². The summed E-state index contributed by atoms with van der Waals surface area (Å²) in [7, 11) is -27.7. The van der Waals surface area contributed by atoms with Crippen LogP contribution >= 0.6 is 0 Å². The minimum Gasteiger partial charge on any atom is -0.744 e. The van der Waals surface area contributed by atoms with Crippen LogP contribution in [-0.2, 0) is 61.7 Å². The molecule has 48 heteroatoms. The number of nitrogen functional groups attached to an aromatic ring is 2. The van der Waals surface area contributed by atoms with Crippen LogP contribution in [0.15, 0.2) is 170 Å². The van der Waals surface area contributed by atoms with Crippen LogP contribution in [0.1, 0.15) is 11.1 Å². The van der Waals surface area contributed by atoms with Crippen molar-refractivity contribution in [2.75, 3.05) is 11.5 Å². The van der Waals surface area contributed by atoms with Gasteiger partial charge in [-0.15, -0.1) is 70.9 Å². The van der Waals surface area contributed by atoms with Crippen molar-refractivity contribution in [1.29, 1.82) is 0 Å². The fraction of sp³-hybridized carbons (Fsp3) is 0. The molecule has 0 fully saturated rings. The van der Waals surface area contributed by atoms with Crippen molar-refractivity contribution < 1.29 is 275 Å². The van der Waals surface area contributed by atoms with Crippen molar-refractivity contribution in [1.82, 2.24) is 0 Å². The van der Waals surface area contributed by atoms with E-state index < -0.39 is 148 Å². The number of non-ortho nitro benzene ring substituents is 2. The smallest absolute Gasteiger partial charge is 0.744 e. The monoisotopic (exact) mass is 1460 g/mol. The minimum atomic E-state index is -5.59. The number of nitrogens with two attached hydrogens (primary N) is 2. The van der Waals surface area contributed by atoms with Crippen molar-refractivity contribution in [3.63, 3.8) is 0 Å². The number of hydrogen-bond acceptors (Lipinski definition) is 34. The number of hydrogen-bond donors (Lipinski definition) is 4. The van der Waals surface area contributed by atoms with Gasteiger partial charge in [0.1, 0.15) is 57.5 Å². The number of nitro groups is 2. The quantitative estimate of drug-likeness (QED) is 0.0102. The van der Waals surface area contributed by atoms with Crippen molar-refractivity contribution >= 4 is 164 Å². The third kappa shape index (κ3) is 24.1. The third-order valence-corrected chi connectivity index (χ3v) is 14.5. The SMILES string of the molecule is Nc1ccc(N=Nc2ccc([N+](=O)[O-])cc2S(=O)(=O)[O-])c2c[c-]c(N=Nc3c[c-]c(/C=C/c4ccc(N=Nc5c(S(=O)(=O)[O-])cc6c(N=Nc7ccc([N+](=O)[O-])cc7S(=O)(=O)[O-])ccc(N)c6c5O)cc4S(=O)(=O)[O-])cc3)c(O)c12.O=S(=O)=O.O=S(=O)=O.[Na+].[Na+].[Na+].[Na+].[Na+].[Na+]. The minimum absolute atomic E-state index is 0. The Hall–Kier alpha value is -4.70. The molecule has 8 aromatic carbocycles. The number of rotatable bonds is 16. The van der Waals surface area contributed by atoms with E-state index in [9.17, 15) is 82.3 Å². The Bertz CT molecular complexity index is 5110. The molecule has 0 bridgehead atoms. The summed E-state index contributed by atoms with van der Waals surface area (Å²) in [5.41, 5.74) is 7.63. The molecule has 0 radical (unpaired) electrons. The Morgan fingerprint density at radius 1 is 0.436 bits per heavy atom. The maximum absolute atomic E-state index is 12.6. The second-order valence-electron chi connectivity index (χ2n) is 16.5. The number of phenols is 2. The van der Waals surface area contributed by atoms with Gasteiger partial charge in [-0.2, -0.15) is 38.2 Å². The first kappa shape index (κ1) is 89.3. The summed E-state index contributed by atoms with van der Waals surface area (Å²) in [5, 5.41) is 74.9. The molecular formula is C46H26N12Na6O24S6. The van der Waals surface area contributed by atoms with Gasteiger partial charge in [-0.1, -0.05) is 22.9 Å². The largest absolute Gasteiger partial charge is 1.00 e. The molecule has 0 spiro atoms. The Morgan fingerprint density at radius 3 is 1.29 bits per heavy atom. The Kier molecular flexibility index (Phi) is 36.0. The van der Waals surface area contributed by atoms with E-state index in [-0.39, 0.29) is 228 Å². The summed E-state index contributed by atoms with van der Waals surface area (Å²) in [4.78, 5) is 16.2. The number of aromatic hydroxyl groups is 2. The zero-order chi connectivity index (χ0) is 65.4. The van der Waals surface area contributed by atoms with E-state index in [0.717, 1.165) is 54.6 Å². The van der Waals surface area contributed by atoms with Crippen LogP contribution in [0.2, 0.25) is 0 Å². The van der Waals surface area contributed by atoms with Crippen LogP contribution in [0, 0.1) is 32.4 Å². The van der Waals surface area contributed by atoms with Gasteiger partial charge in [0.25, 0.3) is 11.4 Å². The summed E-state index contributed by atoms with van der Waals surface area (Å²) in [5.74, 6) is -1.59. The van der Waals surface area contributed by atoms with Gasteiger partial charge < -0.3 is 39.9 Å². The first-order valence-corrected chi connectivity index (χ1v) is 30.1. The third-order valence-electron chi connectivity index (χ3n) is 11.0. The van der Waals surface area contributed by atoms with Gasteiger partial charge in [-0.25, -0.2) is 38.8 Å². The fourth-order valence-corrected chi connectivity index (χ4v) is 9.90. The van der Waals surface area contributed by atoms with Gasteiger partial charge in [0, 0.05) is 63.8 Å². The molecule has 0 aromatic heterocycles. The predicted molar refractivity (Wildman–Crippen MR) is 294 cm³/mol. The molecule has 94 heavy (non-hydrogen) atoms. The fourth-order valence-electron chi connectivity index (χ4n) is 7.31. The van der Waals surface area contributed by atoms with Crippen LogP contribution in [0.5, 0.6) is 11.5 Å². The Labute approximate surface area is 664 Å². The Balaban J connectivity index is 0.00000584.